The summed E-state index contributed by atoms with van der Waals surface area (Å²) in [7, 11) is 0. The zero-order chi connectivity index (χ0) is 17.6. The van der Waals surface area contributed by atoms with Gasteiger partial charge in [0.05, 0.1) is 18.6 Å². The molecule has 5 nitrogen and oxygen atoms in total. The van der Waals surface area contributed by atoms with Crippen LogP contribution in [0.15, 0.2) is 43.0 Å². The molecule has 0 aliphatic rings. The molecule has 132 valence electrons. The van der Waals surface area contributed by atoms with E-state index in [2.05, 4.69) is 28.7 Å². The minimum atomic E-state index is 0.701. The van der Waals surface area contributed by atoms with Crippen LogP contribution in [-0.4, -0.2) is 25.9 Å². The Kier molecular flexibility index (Phi) is 5.89. The third kappa shape index (κ3) is 4.50. The fourth-order valence-corrected chi connectivity index (χ4v) is 3.15. The number of halogens is 1. The molecule has 6 heteroatoms. The van der Waals surface area contributed by atoms with Crippen molar-refractivity contribution in [1.82, 2.24) is 24.6 Å². The summed E-state index contributed by atoms with van der Waals surface area (Å²) in [5.74, 6) is 0. The lowest BCUT2D eigenvalue weighted by molar-refractivity contribution is 0.578. The van der Waals surface area contributed by atoms with Crippen molar-refractivity contribution in [3.05, 3.63) is 70.5 Å². The van der Waals surface area contributed by atoms with Gasteiger partial charge in [-0.3, -0.25) is 4.68 Å². The first-order chi connectivity index (χ1) is 12.1. The highest BCUT2D eigenvalue weighted by Crippen LogP contribution is 2.19. The van der Waals surface area contributed by atoms with Crippen molar-refractivity contribution in [2.24, 2.45) is 0 Å². The highest BCUT2D eigenvalue weighted by Gasteiger charge is 2.12. The molecule has 0 aliphatic heterocycles. The van der Waals surface area contributed by atoms with Crippen molar-refractivity contribution < 1.29 is 0 Å². The summed E-state index contributed by atoms with van der Waals surface area (Å²) in [5.41, 5.74) is 4.63. The average molecular weight is 358 g/mol. The van der Waals surface area contributed by atoms with Crippen molar-refractivity contribution in [2.45, 2.75) is 39.9 Å². The third-order valence-corrected chi connectivity index (χ3v) is 4.81. The van der Waals surface area contributed by atoms with Crippen molar-refractivity contribution >= 4 is 11.6 Å². The molecule has 0 saturated carbocycles. The normalized spacial score (nSPS) is 11.2. The van der Waals surface area contributed by atoms with Gasteiger partial charge in [0.25, 0.3) is 0 Å². The second kappa shape index (κ2) is 8.32. The van der Waals surface area contributed by atoms with Gasteiger partial charge in [-0.1, -0.05) is 29.8 Å². The molecule has 25 heavy (non-hydrogen) atoms. The Labute approximate surface area is 153 Å². The molecule has 0 radical (unpaired) electrons. The molecule has 0 fully saturated rings. The van der Waals surface area contributed by atoms with Crippen molar-refractivity contribution in [2.75, 3.05) is 6.54 Å². The van der Waals surface area contributed by atoms with Gasteiger partial charge >= 0.3 is 0 Å². The third-order valence-electron chi connectivity index (χ3n) is 4.44. The highest BCUT2D eigenvalue weighted by molar-refractivity contribution is 6.31. The number of benzene rings is 1. The van der Waals surface area contributed by atoms with Gasteiger partial charge < -0.3 is 9.88 Å². The molecular formula is C19H24ClN5. The van der Waals surface area contributed by atoms with E-state index in [0.717, 1.165) is 42.3 Å². The SMILES string of the molecule is Cc1nn(Cc2ccccc2Cl)c(C)c1CNCCCn1ccnc1. The zero-order valence-corrected chi connectivity index (χ0v) is 15.5. The first-order valence-electron chi connectivity index (χ1n) is 8.58. The minimum absolute atomic E-state index is 0.701. The minimum Gasteiger partial charge on any atom is -0.337 e. The van der Waals surface area contributed by atoms with Gasteiger partial charge in [0, 0.05) is 41.8 Å². The molecule has 0 aliphatic carbocycles. The second-order valence-corrected chi connectivity index (χ2v) is 6.64. The summed E-state index contributed by atoms with van der Waals surface area (Å²) >= 11 is 6.27. The van der Waals surface area contributed by atoms with E-state index in [1.165, 1.54) is 11.3 Å². The van der Waals surface area contributed by atoms with Gasteiger partial charge in [-0.05, 0) is 38.4 Å². The monoisotopic (exact) mass is 357 g/mol. The average Bonchev–Trinajstić information content (AvgIpc) is 3.20. The van der Waals surface area contributed by atoms with Gasteiger partial charge in [-0.25, -0.2) is 4.98 Å². The Morgan fingerprint density at radius 3 is 2.80 bits per heavy atom. The maximum Gasteiger partial charge on any atom is 0.0945 e. The lowest BCUT2D eigenvalue weighted by Gasteiger charge is -2.08. The van der Waals surface area contributed by atoms with Crippen molar-refractivity contribution in [3.8, 4) is 0 Å². The fourth-order valence-electron chi connectivity index (χ4n) is 2.95. The molecule has 1 aromatic carbocycles. The van der Waals surface area contributed by atoms with Crippen LogP contribution in [0.25, 0.3) is 0 Å². The van der Waals surface area contributed by atoms with Gasteiger partial charge in [0.15, 0.2) is 0 Å². The Hall–Kier alpha value is -2.11. The van der Waals surface area contributed by atoms with Crippen molar-refractivity contribution in [1.29, 1.82) is 0 Å². The summed E-state index contributed by atoms with van der Waals surface area (Å²) in [4.78, 5) is 4.06. The summed E-state index contributed by atoms with van der Waals surface area (Å²) < 4.78 is 4.14. The van der Waals surface area contributed by atoms with E-state index in [9.17, 15) is 0 Å². The smallest absolute Gasteiger partial charge is 0.0945 e. The van der Waals surface area contributed by atoms with E-state index in [-0.39, 0.29) is 0 Å². The van der Waals surface area contributed by atoms with Crippen LogP contribution in [-0.2, 0) is 19.6 Å². The molecule has 3 rings (SSSR count). The lowest BCUT2D eigenvalue weighted by atomic mass is 10.2. The van der Waals surface area contributed by atoms with Crippen LogP contribution < -0.4 is 5.32 Å². The predicted molar refractivity (Wildman–Crippen MR) is 101 cm³/mol. The van der Waals surface area contributed by atoms with Gasteiger partial charge in [0.2, 0.25) is 0 Å². The molecule has 0 bridgehead atoms. The van der Waals surface area contributed by atoms with E-state index in [1.54, 1.807) is 0 Å². The molecular weight excluding hydrogens is 334 g/mol. The van der Waals surface area contributed by atoms with Crippen LogP contribution in [0.3, 0.4) is 0 Å². The quantitative estimate of drug-likeness (QED) is 0.627. The summed E-state index contributed by atoms with van der Waals surface area (Å²) in [5, 5.41) is 9.00. The number of rotatable bonds is 8. The molecule has 2 aromatic heterocycles. The van der Waals surface area contributed by atoms with E-state index in [4.69, 9.17) is 16.7 Å². The summed E-state index contributed by atoms with van der Waals surface area (Å²) in [6.07, 6.45) is 6.73. The van der Waals surface area contributed by atoms with Gasteiger partial charge in [0.1, 0.15) is 0 Å². The highest BCUT2D eigenvalue weighted by atomic mass is 35.5. The number of hydrogen-bond donors (Lipinski definition) is 1. The number of hydrogen-bond acceptors (Lipinski definition) is 3. The van der Waals surface area contributed by atoms with Crippen LogP contribution in [0.5, 0.6) is 0 Å². The molecule has 2 heterocycles. The molecule has 0 unspecified atom stereocenters. The Bertz CT molecular complexity index is 807. The Morgan fingerprint density at radius 1 is 1.20 bits per heavy atom. The van der Waals surface area contributed by atoms with Crippen LogP contribution in [0.4, 0.5) is 0 Å². The molecule has 0 atom stereocenters. The summed E-state index contributed by atoms with van der Waals surface area (Å²) in [6, 6.07) is 7.93. The van der Waals surface area contributed by atoms with E-state index in [1.807, 2.05) is 47.7 Å². The van der Waals surface area contributed by atoms with Crippen LogP contribution >= 0.6 is 11.6 Å². The molecule has 3 aromatic rings. The zero-order valence-electron chi connectivity index (χ0n) is 14.7. The lowest BCUT2D eigenvalue weighted by Crippen LogP contribution is -2.17. The first-order valence-corrected chi connectivity index (χ1v) is 8.95. The number of aromatic nitrogens is 4. The molecule has 0 spiro atoms. The van der Waals surface area contributed by atoms with Crippen LogP contribution in [0.1, 0.15) is 28.9 Å². The number of imidazole rings is 1. The topological polar surface area (TPSA) is 47.7 Å². The van der Waals surface area contributed by atoms with Crippen LogP contribution in [0.2, 0.25) is 5.02 Å². The van der Waals surface area contributed by atoms with E-state index in [0.29, 0.717) is 6.54 Å². The number of aryl methyl sites for hydroxylation is 2. The largest absolute Gasteiger partial charge is 0.337 e. The molecule has 1 N–H and O–H groups in total. The maximum atomic E-state index is 6.27. The first kappa shape index (κ1) is 17.7. The number of nitrogens with zero attached hydrogens (tertiary/aromatic N) is 4. The van der Waals surface area contributed by atoms with E-state index < -0.39 is 0 Å². The summed E-state index contributed by atoms with van der Waals surface area (Å²) in [6.45, 7) is 7.68. The number of nitrogens with one attached hydrogen (secondary N) is 1. The predicted octanol–water partition coefficient (Wildman–Crippen LogP) is 3.58. The fraction of sp³-hybridized carbons (Fsp3) is 0.368. The maximum absolute atomic E-state index is 6.27. The second-order valence-electron chi connectivity index (χ2n) is 6.23. The molecule has 0 amide bonds. The Balaban J connectivity index is 1.55. The Morgan fingerprint density at radius 2 is 2.04 bits per heavy atom. The van der Waals surface area contributed by atoms with Gasteiger partial charge in [-0.15, -0.1) is 0 Å². The van der Waals surface area contributed by atoms with E-state index >= 15 is 0 Å². The van der Waals surface area contributed by atoms with Crippen molar-refractivity contribution in [3.63, 3.8) is 0 Å². The standard InChI is InChI=1S/C19H24ClN5/c1-15-18(12-21-8-5-10-24-11-9-22-14-24)16(2)25(23-15)13-17-6-3-4-7-19(17)20/h3-4,6-7,9,11,14,21H,5,8,10,12-13H2,1-2H3. The van der Waals surface area contributed by atoms with Gasteiger partial charge in [-0.2, -0.15) is 5.10 Å². The molecule has 0 saturated heterocycles. The van der Waals surface area contributed by atoms with Crippen LogP contribution in [0, 0.1) is 13.8 Å².